The first-order valence-electron chi connectivity index (χ1n) is 7.67. The minimum atomic E-state index is -1.11. The van der Waals surface area contributed by atoms with Gasteiger partial charge in [-0.2, -0.15) is 0 Å². The van der Waals surface area contributed by atoms with Crippen LogP contribution >= 0.6 is 0 Å². The predicted molar refractivity (Wildman–Crippen MR) is 92.1 cm³/mol. The third-order valence-corrected chi connectivity index (χ3v) is 3.61. The second-order valence-corrected chi connectivity index (χ2v) is 5.65. The monoisotopic (exact) mass is 340 g/mol. The fourth-order valence-corrected chi connectivity index (χ4v) is 2.43. The van der Waals surface area contributed by atoms with Gasteiger partial charge < -0.3 is 19.4 Å². The highest BCUT2D eigenvalue weighted by Gasteiger charge is 2.13. The Balaban J connectivity index is 2.10. The lowest BCUT2D eigenvalue weighted by Gasteiger charge is -2.12. The van der Waals surface area contributed by atoms with Crippen LogP contribution in [0.25, 0.3) is 22.3 Å². The third-order valence-electron chi connectivity index (χ3n) is 3.61. The van der Waals surface area contributed by atoms with Crippen LogP contribution in [0, 0.1) is 0 Å². The Morgan fingerprint density at radius 1 is 1.20 bits per heavy atom. The number of hydrogen-bond donors (Lipinski definition) is 2. The molecule has 1 aromatic heterocycles. The van der Waals surface area contributed by atoms with Crippen molar-refractivity contribution >= 4 is 16.9 Å². The molecule has 2 N–H and O–H groups in total. The van der Waals surface area contributed by atoms with E-state index in [0.29, 0.717) is 17.1 Å². The highest BCUT2D eigenvalue weighted by molar-refractivity contribution is 5.93. The minimum absolute atomic E-state index is 0.0215. The largest absolute Gasteiger partial charge is 0.490 e. The number of benzene rings is 2. The number of hydrogen-bond acceptors (Lipinski definition) is 5. The second kappa shape index (κ2) is 6.78. The molecule has 2 aromatic carbocycles. The third kappa shape index (κ3) is 3.54. The molecule has 128 valence electrons. The van der Waals surface area contributed by atoms with Gasteiger partial charge in [0.15, 0.2) is 5.43 Å². The molecule has 0 saturated heterocycles. The number of aliphatic hydroxyl groups excluding tert-OH is 1. The van der Waals surface area contributed by atoms with E-state index in [4.69, 9.17) is 14.3 Å². The normalized spacial score (nSPS) is 12.1. The van der Waals surface area contributed by atoms with E-state index < -0.39 is 12.1 Å². The molecule has 0 aliphatic rings. The lowest BCUT2D eigenvalue weighted by atomic mass is 10.1. The summed E-state index contributed by atoms with van der Waals surface area (Å²) in [7, 11) is 0. The van der Waals surface area contributed by atoms with Gasteiger partial charge in [0.25, 0.3) is 0 Å². The van der Waals surface area contributed by atoms with Gasteiger partial charge in [0.05, 0.1) is 22.6 Å². The van der Waals surface area contributed by atoms with Gasteiger partial charge >= 0.3 is 5.97 Å². The SMILES string of the molecule is CC(O)COc1ccccc1-c1cc(=O)c2cc(C(=O)O)ccc2o1. The molecule has 0 spiro atoms. The number of carboxylic acids is 1. The molecule has 6 heteroatoms. The number of ether oxygens (including phenoxy) is 1. The lowest BCUT2D eigenvalue weighted by molar-refractivity contribution is 0.0697. The Hall–Kier alpha value is -3.12. The first-order chi connectivity index (χ1) is 12.0. The Morgan fingerprint density at radius 3 is 2.68 bits per heavy atom. The molecule has 1 atom stereocenters. The van der Waals surface area contributed by atoms with Crippen LogP contribution in [0.2, 0.25) is 0 Å². The van der Waals surface area contributed by atoms with Gasteiger partial charge in [-0.15, -0.1) is 0 Å². The standard InChI is InChI=1S/C19H16O6/c1-11(20)10-24-16-5-3-2-4-13(16)18-9-15(21)14-8-12(19(22)23)6-7-17(14)25-18/h2-9,11,20H,10H2,1H3,(H,22,23). The average molecular weight is 340 g/mol. The maximum Gasteiger partial charge on any atom is 0.335 e. The quantitative estimate of drug-likeness (QED) is 0.741. The van der Waals surface area contributed by atoms with Crippen molar-refractivity contribution in [2.45, 2.75) is 13.0 Å². The Morgan fingerprint density at radius 2 is 1.96 bits per heavy atom. The van der Waals surface area contributed by atoms with Gasteiger partial charge in [0.2, 0.25) is 0 Å². The van der Waals surface area contributed by atoms with E-state index in [1.165, 1.54) is 24.3 Å². The van der Waals surface area contributed by atoms with E-state index in [2.05, 4.69) is 0 Å². The van der Waals surface area contributed by atoms with Crippen LogP contribution in [0.15, 0.2) is 57.7 Å². The number of carbonyl (C=O) groups is 1. The molecule has 1 heterocycles. The highest BCUT2D eigenvalue weighted by atomic mass is 16.5. The van der Waals surface area contributed by atoms with Crippen molar-refractivity contribution in [2.75, 3.05) is 6.61 Å². The Kier molecular flexibility index (Phi) is 4.54. The molecular weight excluding hydrogens is 324 g/mol. The number of aliphatic hydroxyl groups is 1. The average Bonchev–Trinajstić information content (AvgIpc) is 2.59. The van der Waals surface area contributed by atoms with Crippen LogP contribution in [0.1, 0.15) is 17.3 Å². The first-order valence-corrected chi connectivity index (χ1v) is 7.67. The summed E-state index contributed by atoms with van der Waals surface area (Å²) in [6.07, 6.45) is -0.633. The first kappa shape index (κ1) is 16.7. The van der Waals surface area contributed by atoms with E-state index in [9.17, 15) is 14.7 Å². The van der Waals surface area contributed by atoms with E-state index >= 15 is 0 Å². The van der Waals surface area contributed by atoms with Crippen LogP contribution < -0.4 is 10.2 Å². The summed E-state index contributed by atoms with van der Waals surface area (Å²) in [5.41, 5.74) is 0.542. The van der Waals surface area contributed by atoms with E-state index in [-0.39, 0.29) is 28.6 Å². The molecule has 25 heavy (non-hydrogen) atoms. The number of para-hydroxylation sites is 1. The molecular formula is C19H16O6. The van der Waals surface area contributed by atoms with Crippen molar-refractivity contribution < 1.29 is 24.2 Å². The maximum atomic E-state index is 12.4. The zero-order valence-electron chi connectivity index (χ0n) is 13.4. The van der Waals surface area contributed by atoms with Gasteiger partial charge in [0, 0.05) is 6.07 Å². The van der Waals surface area contributed by atoms with Crippen LogP contribution in [-0.2, 0) is 0 Å². The summed E-state index contributed by atoms with van der Waals surface area (Å²) < 4.78 is 11.3. The molecule has 1 unspecified atom stereocenters. The fourth-order valence-electron chi connectivity index (χ4n) is 2.43. The number of carboxylic acid groups (broad SMARTS) is 1. The Bertz CT molecular complexity index is 987. The Labute approximate surface area is 142 Å². The summed E-state index contributed by atoms with van der Waals surface area (Å²) in [5.74, 6) is -0.322. The number of rotatable bonds is 5. The number of aromatic carboxylic acids is 1. The highest BCUT2D eigenvalue weighted by Crippen LogP contribution is 2.31. The summed E-state index contributed by atoms with van der Waals surface area (Å²) in [6, 6.07) is 12.5. The minimum Gasteiger partial charge on any atom is -0.490 e. The zero-order chi connectivity index (χ0) is 18.0. The van der Waals surface area contributed by atoms with Gasteiger partial charge in [-0.25, -0.2) is 4.79 Å². The molecule has 0 bridgehead atoms. The van der Waals surface area contributed by atoms with Crippen molar-refractivity contribution in [3.05, 3.63) is 64.3 Å². The number of fused-ring (bicyclic) bond motifs is 1. The summed E-state index contributed by atoms with van der Waals surface area (Å²) in [4.78, 5) is 23.4. The summed E-state index contributed by atoms with van der Waals surface area (Å²) >= 11 is 0. The molecule has 0 fully saturated rings. The van der Waals surface area contributed by atoms with Crippen LogP contribution in [-0.4, -0.2) is 28.9 Å². The molecule has 3 aromatic rings. The summed E-state index contributed by atoms with van der Waals surface area (Å²) in [6.45, 7) is 1.72. The topological polar surface area (TPSA) is 97.0 Å². The van der Waals surface area contributed by atoms with E-state index in [1.807, 2.05) is 0 Å². The smallest absolute Gasteiger partial charge is 0.335 e. The molecule has 3 rings (SSSR count). The molecule has 0 radical (unpaired) electrons. The van der Waals surface area contributed by atoms with Gasteiger partial charge in [-0.1, -0.05) is 12.1 Å². The van der Waals surface area contributed by atoms with Crippen molar-refractivity contribution in [3.63, 3.8) is 0 Å². The van der Waals surface area contributed by atoms with E-state index in [1.54, 1.807) is 31.2 Å². The molecule has 0 aliphatic carbocycles. The molecule has 0 amide bonds. The predicted octanol–water partition coefficient (Wildman–Crippen LogP) is 2.92. The van der Waals surface area contributed by atoms with E-state index in [0.717, 1.165) is 0 Å². The van der Waals surface area contributed by atoms with Crippen molar-refractivity contribution in [1.82, 2.24) is 0 Å². The molecule has 6 nitrogen and oxygen atoms in total. The van der Waals surface area contributed by atoms with Crippen molar-refractivity contribution in [1.29, 1.82) is 0 Å². The van der Waals surface area contributed by atoms with Crippen molar-refractivity contribution in [3.8, 4) is 17.1 Å². The molecule has 0 saturated carbocycles. The lowest BCUT2D eigenvalue weighted by Crippen LogP contribution is -2.13. The maximum absolute atomic E-state index is 12.4. The van der Waals surface area contributed by atoms with Crippen LogP contribution in [0.4, 0.5) is 0 Å². The van der Waals surface area contributed by atoms with Gasteiger partial charge in [0.1, 0.15) is 23.7 Å². The van der Waals surface area contributed by atoms with Crippen LogP contribution in [0.3, 0.4) is 0 Å². The van der Waals surface area contributed by atoms with Crippen LogP contribution in [0.5, 0.6) is 5.75 Å². The van der Waals surface area contributed by atoms with Gasteiger partial charge in [-0.05, 0) is 37.3 Å². The van der Waals surface area contributed by atoms with Gasteiger partial charge in [-0.3, -0.25) is 4.79 Å². The molecule has 0 aliphatic heterocycles. The van der Waals surface area contributed by atoms with Crippen molar-refractivity contribution in [2.24, 2.45) is 0 Å². The second-order valence-electron chi connectivity index (χ2n) is 5.65. The summed E-state index contributed by atoms with van der Waals surface area (Å²) in [5, 5.41) is 18.6. The fraction of sp³-hybridized carbons (Fsp3) is 0.158. The zero-order valence-corrected chi connectivity index (χ0v) is 13.4.